The van der Waals surface area contributed by atoms with Crippen molar-refractivity contribution in [3.8, 4) is 0 Å². The second-order valence-corrected chi connectivity index (χ2v) is 4.55. The number of amides is 1. The molecule has 0 aromatic carbocycles. The maximum absolute atomic E-state index is 12.8. The number of aromatic nitrogens is 3. The molecule has 0 aliphatic rings. The second-order valence-electron chi connectivity index (χ2n) is 4.55. The third kappa shape index (κ3) is 3.64. The molecule has 0 bridgehead atoms. The fraction of sp³-hybridized carbons (Fsp3) is 0.417. The van der Waals surface area contributed by atoms with Gasteiger partial charge in [0.15, 0.2) is 5.69 Å². The average molecular weight is 317 g/mol. The Kier molecular flexibility index (Phi) is 4.50. The molecule has 0 fully saturated rings. The first-order valence-electron chi connectivity index (χ1n) is 6.36. The van der Waals surface area contributed by atoms with Gasteiger partial charge in [0.1, 0.15) is 5.76 Å². The van der Waals surface area contributed by atoms with E-state index in [9.17, 15) is 18.0 Å². The van der Waals surface area contributed by atoms with Crippen LogP contribution in [0.25, 0.3) is 0 Å². The van der Waals surface area contributed by atoms with Gasteiger partial charge in [-0.3, -0.25) is 9.48 Å². The smallest absolute Gasteiger partial charge is 0.449 e. The van der Waals surface area contributed by atoms with Gasteiger partial charge in [0, 0.05) is 18.7 Å². The van der Waals surface area contributed by atoms with Crippen LogP contribution in [0.15, 0.2) is 16.7 Å². The predicted molar refractivity (Wildman–Crippen MR) is 68.7 cm³/mol. The molecular weight excluding hydrogens is 303 g/mol. The predicted octanol–water partition coefficient (Wildman–Crippen LogP) is 1.09. The first-order valence-corrected chi connectivity index (χ1v) is 6.36. The number of hydrogen-bond acceptors (Lipinski definition) is 5. The number of furan rings is 1. The van der Waals surface area contributed by atoms with Gasteiger partial charge in [0.05, 0.1) is 12.7 Å². The number of nitrogens with two attached hydrogens (primary N) is 1. The molecule has 120 valence electrons. The van der Waals surface area contributed by atoms with E-state index in [2.05, 4.69) is 20.0 Å². The highest BCUT2D eigenvalue weighted by atomic mass is 19.4. The van der Waals surface area contributed by atoms with Gasteiger partial charge in [0.2, 0.25) is 5.76 Å². The van der Waals surface area contributed by atoms with Gasteiger partial charge in [-0.2, -0.15) is 13.2 Å². The van der Waals surface area contributed by atoms with Gasteiger partial charge in [-0.1, -0.05) is 5.21 Å². The Balaban J connectivity index is 2.05. The lowest BCUT2D eigenvalue weighted by atomic mass is 10.2. The van der Waals surface area contributed by atoms with E-state index in [0.29, 0.717) is 13.1 Å². The van der Waals surface area contributed by atoms with E-state index < -0.39 is 17.8 Å². The van der Waals surface area contributed by atoms with Crippen LogP contribution in [0.3, 0.4) is 0 Å². The van der Waals surface area contributed by atoms with Crippen molar-refractivity contribution in [1.82, 2.24) is 20.3 Å². The molecule has 0 saturated heterocycles. The third-order valence-corrected chi connectivity index (χ3v) is 2.76. The summed E-state index contributed by atoms with van der Waals surface area (Å²) < 4.78 is 44.3. The number of aryl methyl sites for hydroxylation is 1. The molecule has 0 aliphatic heterocycles. The fourth-order valence-corrected chi connectivity index (χ4v) is 1.85. The Morgan fingerprint density at radius 1 is 1.50 bits per heavy atom. The zero-order valence-electron chi connectivity index (χ0n) is 11.6. The molecule has 0 spiro atoms. The van der Waals surface area contributed by atoms with Gasteiger partial charge in [0.25, 0.3) is 5.91 Å². The summed E-state index contributed by atoms with van der Waals surface area (Å²) in [5.41, 5.74) is 5.19. The van der Waals surface area contributed by atoms with E-state index in [0.717, 1.165) is 0 Å². The van der Waals surface area contributed by atoms with Crippen LogP contribution in [0.5, 0.6) is 0 Å². The van der Waals surface area contributed by atoms with Gasteiger partial charge >= 0.3 is 6.18 Å². The van der Waals surface area contributed by atoms with Crippen molar-refractivity contribution < 1.29 is 22.4 Å². The summed E-state index contributed by atoms with van der Waals surface area (Å²) in [6.45, 7) is 1.79. The van der Waals surface area contributed by atoms with Crippen LogP contribution in [0, 0.1) is 6.92 Å². The van der Waals surface area contributed by atoms with E-state index in [-0.39, 0.29) is 23.6 Å². The zero-order valence-corrected chi connectivity index (χ0v) is 11.6. The molecule has 0 aliphatic carbocycles. The lowest BCUT2D eigenvalue weighted by Crippen LogP contribution is -2.24. The summed E-state index contributed by atoms with van der Waals surface area (Å²) in [5, 5.41) is 9.64. The highest BCUT2D eigenvalue weighted by Gasteiger charge is 2.38. The van der Waals surface area contributed by atoms with Gasteiger partial charge in [-0.05, 0) is 13.0 Å². The number of carbonyl (C=O) groups is 1. The normalized spacial score (nSPS) is 11.7. The number of rotatable bonds is 5. The summed E-state index contributed by atoms with van der Waals surface area (Å²) in [7, 11) is 0. The number of alkyl halides is 3. The number of nitrogens with one attached hydrogen (secondary N) is 1. The van der Waals surface area contributed by atoms with Crippen molar-refractivity contribution in [3.63, 3.8) is 0 Å². The Morgan fingerprint density at radius 2 is 2.23 bits per heavy atom. The van der Waals surface area contributed by atoms with E-state index in [4.69, 9.17) is 5.73 Å². The zero-order chi connectivity index (χ0) is 16.3. The number of nitrogens with zero attached hydrogens (tertiary/aromatic N) is 3. The van der Waals surface area contributed by atoms with Crippen LogP contribution >= 0.6 is 0 Å². The highest BCUT2D eigenvalue weighted by molar-refractivity contribution is 5.91. The highest BCUT2D eigenvalue weighted by Crippen LogP contribution is 2.33. The van der Waals surface area contributed by atoms with E-state index >= 15 is 0 Å². The third-order valence-electron chi connectivity index (χ3n) is 2.76. The number of halogens is 3. The van der Waals surface area contributed by atoms with Crippen molar-refractivity contribution in [2.75, 3.05) is 6.54 Å². The van der Waals surface area contributed by atoms with Crippen LogP contribution in [0.1, 0.15) is 27.6 Å². The molecule has 0 atom stereocenters. The summed E-state index contributed by atoms with van der Waals surface area (Å²) >= 11 is 0. The molecule has 10 heteroatoms. The minimum absolute atomic E-state index is 0.00206. The molecule has 1 amide bonds. The van der Waals surface area contributed by atoms with Crippen LogP contribution in [-0.4, -0.2) is 27.4 Å². The molecule has 0 saturated carbocycles. The van der Waals surface area contributed by atoms with Crippen molar-refractivity contribution >= 4 is 5.91 Å². The lowest BCUT2D eigenvalue weighted by molar-refractivity contribution is -0.154. The molecule has 0 unspecified atom stereocenters. The maximum Gasteiger partial charge on any atom is 0.449 e. The monoisotopic (exact) mass is 317 g/mol. The first kappa shape index (κ1) is 16.0. The molecule has 2 aromatic rings. The van der Waals surface area contributed by atoms with Crippen molar-refractivity contribution in [2.45, 2.75) is 26.2 Å². The Morgan fingerprint density at radius 3 is 2.86 bits per heavy atom. The molecule has 2 rings (SSSR count). The molecular formula is C12H14F3N5O2. The second kappa shape index (κ2) is 6.18. The fourth-order valence-electron chi connectivity index (χ4n) is 1.85. The molecule has 3 N–H and O–H groups in total. The van der Waals surface area contributed by atoms with Gasteiger partial charge < -0.3 is 15.5 Å². The number of hydrogen-bond donors (Lipinski definition) is 2. The van der Waals surface area contributed by atoms with Crippen LogP contribution in [0.4, 0.5) is 13.2 Å². The van der Waals surface area contributed by atoms with Crippen LogP contribution < -0.4 is 11.1 Å². The molecule has 2 heterocycles. The first-order chi connectivity index (χ1) is 10.3. The minimum atomic E-state index is -4.61. The summed E-state index contributed by atoms with van der Waals surface area (Å²) in [5.74, 6) is -1.63. The topological polar surface area (TPSA) is 99.0 Å². The average Bonchev–Trinajstić information content (AvgIpc) is 3.02. The quantitative estimate of drug-likeness (QED) is 0.860. The van der Waals surface area contributed by atoms with E-state index in [1.165, 1.54) is 23.9 Å². The largest absolute Gasteiger partial charge is 0.456 e. The molecule has 22 heavy (non-hydrogen) atoms. The van der Waals surface area contributed by atoms with Crippen molar-refractivity contribution in [2.24, 2.45) is 5.73 Å². The maximum atomic E-state index is 12.8. The van der Waals surface area contributed by atoms with E-state index in [1.807, 2.05) is 0 Å². The minimum Gasteiger partial charge on any atom is -0.456 e. The lowest BCUT2D eigenvalue weighted by Gasteiger charge is -2.06. The molecule has 2 aromatic heterocycles. The summed E-state index contributed by atoms with van der Waals surface area (Å²) in [4.78, 5) is 11.8. The standard InChI is InChI=1S/C12H14F3N5O2/c1-7-4-8(10(22-7)12(13,14)15)5-17-11(21)9-6-20(3-2-16)19-18-9/h4,6H,2-3,5,16H2,1H3,(H,17,21). The van der Waals surface area contributed by atoms with Crippen molar-refractivity contribution in [1.29, 1.82) is 0 Å². The molecule has 0 radical (unpaired) electrons. The van der Waals surface area contributed by atoms with Gasteiger partial charge in [-0.15, -0.1) is 5.10 Å². The summed E-state index contributed by atoms with van der Waals surface area (Å²) in [6, 6.07) is 1.23. The Bertz CT molecular complexity index is 662. The Labute approximate surface area is 123 Å². The van der Waals surface area contributed by atoms with Crippen LogP contribution in [0.2, 0.25) is 0 Å². The molecule has 7 nitrogen and oxygen atoms in total. The van der Waals surface area contributed by atoms with Crippen LogP contribution in [-0.2, 0) is 19.3 Å². The van der Waals surface area contributed by atoms with Crippen molar-refractivity contribution in [3.05, 3.63) is 35.0 Å². The van der Waals surface area contributed by atoms with Gasteiger partial charge in [-0.25, -0.2) is 0 Å². The van der Waals surface area contributed by atoms with E-state index in [1.54, 1.807) is 0 Å². The number of carbonyl (C=O) groups excluding carboxylic acids is 1. The SMILES string of the molecule is Cc1cc(CNC(=O)c2cn(CCN)nn2)c(C(F)(F)F)o1. The Hall–Kier alpha value is -2.36. The summed E-state index contributed by atoms with van der Waals surface area (Å²) in [6.07, 6.45) is -3.24.